The first-order valence-corrected chi connectivity index (χ1v) is 4.66. The number of carbonyl (C=O) groups excluding carboxylic acids is 1. The van der Waals surface area contributed by atoms with Crippen LogP contribution in [0.1, 0.15) is 28.0 Å². The number of aryl methyl sites for hydroxylation is 1. The molecular formula is C9H8BrNO. The van der Waals surface area contributed by atoms with E-state index in [1.807, 2.05) is 6.92 Å². The summed E-state index contributed by atoms with van der Waals surface area (Å²) < 4.78 is 0.967. The SMILES string of the molecule is Cc1ncc(Br)c2c1C(=O)CC2. The number of pyridine rings is 1. The van der Waals surface area contributed by atoms with E-state index in [1.165, 1.54) is 0 Å². The highest BCUT2D eigenvalue weighted by Gasteiger charge is 2.23. The molecule has 0 spiro atoms. The average Bonchev–Trinajstić information content (AvgIpc) is 2.42. The van der Waals surface area contributed by atoms with Gasteiger partial charge in [-0.2, -0.15) is 0 Å². The lowest BCUT2D eigenvalue weighted by Gasteiger charge is -2.02. The predicted molar refractivity (Wildman–Crippen MR) is 49.3 cm³/mol. The molecule has 1 aromatic rings. The summed E-state index contributed by atoms with van der Waals surface area (Å²) in [5, 5.41) is 0. The van der Waals surface area contributed by atoms with Crippen LogP contribution in [0.3, 0.4) is 0 Å². The molecule has 0 bridgehead atoms. The third kappa shape index (κ3) is 1.00. The molecule has 1 aromatic heterocycles. The Labute approximate surface area is 79.1 Å². The van der Waals surface area contributed by atoms with E-state index in [1.54, 1.807) is 6.20 Å². The van der Waals surface area contributed by atoms with Crippen molar-refractivity contribution in [3.8, 4) is 0 Å². The smallest absolute Gasteiger partial charge is 0.165 e. The van der Waals surface area contributed by atoms with E-state index < -0.39 is 0 Å². The van der Waals surface area contributed by atoms with Crippen LogP contribution in [0.15, 0.2) is 10.7 Å². The van der Waals surface area contributed by atoms with Crippen LogP contribution in [-0.4, -0.2) is 10.8 Å². The molecule has 1 aliphatic rings. The Morgan fingerprint density at radius 1 is 1.50 bits per heavy atom. The standard InChI is InChI=1S/C9H8BrNO/c1-5-9-6(2-3-8(9)12)7(10)4-11-5/h4H,2-3H2,1H3. The monoisotopic (exact) mass is 225 g/mol. The summed E-state index contributed by atoms with van der Waals surface area (Å²) in [6.07, 6.45) is 3.27. The first-order chi connectivity index (χ1) is 5.70. The lowest BCUT2D eigenvalue weighted by molar-refractivity contribution is 0.0994. The van der Waals surface area contributed by atoms with Crippen molar-refractivity contribution < 1.29 is 4.79 Å². The van der Waals surface area contributed by atoms with Gasteiger partial charge in [0.05, 0.1) is 0 Å². The van der Waals surface area contributed by atoms with Crippen LogP contribution in [0.2, 0.25) is 0 Å². The maximum absolute atomic E-state index is 11.4. The van der Waals surface area contributed by atoms with Crippen LogP contribution in [0, 0.1) is 6.92 Å². The third-order valence-electron chi connectivity index (χ3n) is 2.20. The third-order valence-corrected chi connectivity index (χ3v) is 2.89. The second kappa shape index (κ2) is 2.66. The van der Waals surface area contributed by atoms with Gasteiger partial charge in [0.25, 0.3) is 0 Å². The zero-order valence-corrected chi connectivity index (χ0v) is 8.31. The van der Waals surface area contributed by atoms with Gasteiger partial charge in [-0.1, -0.05) is 0 Å². The van der Waals surface area contributed by atoms with Crippen LogP contribution < -0.4 is 0 Å². The molecule has 0 amide bonds. The fourth-order valence-electron chi connectivity index (χ4n) is 1.61. The zero-order valence-electron chi connectivity index (χ0n) is 6.72. The van der Waals surface area contributed by atoms with Crippen molar-refractivity contribution >= 4 is 21.7 Å². The first-order valence-electron chi connectivity index (χ1n) is 3.87. The Bertz CT molecular complexity index is 360. The van der Waals surface area contributed by atoms with Gasteiger partial charge in [-0.25, -0.2) is 0 Å². The van der Waals surface area contributed by atoms with E-state index >= 15 is 0 Å². The van der Waals surface area contributed by atoms with Crippen molar-refractivity contribution in [3.05, 3.63) is 27.5 Å². The number of halogens is 1. The molecule has 0 saturated carbocycles. The number of rotatable bonds is 0. The summed E-state index contributed by atoms with van der Waals surface area (Å²) >= 11 is 3.39. The number of aromatic nitrogens is 1. The molecule has 0 saturated heterocycles. The highest BCUT2D eigenvalue weighted by Crippen LogP contribution is 2.29. The summed E-state index contributed by atoms with van der Waals surface area (Å²) in [4.78, 5) is 15.5. The van der Waals surface area contributed by atoms with Crippen molar-refractivity contribution in [2.75, 3.05) is 0 Å². The van der Waals surface area contributed by atoms with Crippen molar-refractivity contribution in [2.24, 2.45) is 0 Å². The molecule has 1 aliphatic carbocycles. The van der Waals surface area contributed by atoms with Crippen LogP contribution >= 0.6 is 15.9 Å². The lowest BCUT2D eigenvalue weighted by Crippen LogP contribution is -1.98. The topological polar surface area (TPSA) is 30.0 Å². The van der Waals surface area contributed by atoms with Crippen LogP contribution in [0.25, 0.3) is 0 Å². The number of fused-ring (bicyclic) bond motifs is 1. The highest BCUT2D eigenvalue weighted by atomic mass is 79.9. The normalized spacial score (nSPS) is 15.0. The van der Waals surface area contributed by atoms with Gasteiger partial charge in [0.2, 0.25) is 0 Å². The van der Waals surface area contributed by atoms with Crippen molar-refractivity contribution in [3.63, 3.8) is 0 Å². The summed E-state index contributed by atoms with van der Waals surface area (Å²) in [5.74, 6) is 0.233. The molecule has 0 radical (unpaired) electrons. The van der Waals surface area contributed by atoms with E-state index in [4.69, 9.17) is 0 Å². The van der Waals surface area contributed by atoms with Gasteiger partial charge in [0, 0.05) is 28.3 Å². The average molecular weight is 226 g/mol. The van der Waals surface area contributed by atoms with E-state index in [0.29, 0.717) is 6.42 Å². The van der Waals surface area contributed by atoms with E-state index in [2.05, 4.69) is 20.9 Å². The van der Waals surface area contributed by atoms with Gasteiger partial charge < -0.3 is 0 Å². The number of hydrogen-bond acceptors (Lipinski definition) is 2. The molecule has 0 aliphatic heterocycles. The summed E-state index contributed by atoms with van der Waals surface area (Å²) in [6.45, 7) is 1.88. The maximum Gasteiger partial charge on any atom is 0.165 e. The number of ketones is 1. The fraction of sp³-hybridized carbons (Fsp3) is 0.333. The highest BCUT2D eigenvalue weighted by molar-refractivity contribution is 9.10. The number of nitrogens with zero attached hydrogens (tertiary/aromatic N) is 1. The van der Waals surface area contributed by atoms with Crippen molar-refractivity contribution in [1.29, 1.82) is 0 Å². The van der Waals surface area contributed by atoms with E-state index in [-0.39, 0.29) is 5.78 Å². The Hall–Kier alpha value is -0.700. The Balaban J connectivity index is 2.72. The largest absolute Gasteiger partial charge is 0.294 e. The Morgan fingerprint density at radius 3 is 2.92 bits per heavy atom. The second-order valence-electron chi connectivity index (χ2n) is 2.97. The summed E-state index contributed by atoms with van der Waals surface area (Å²) in [5.41, 5.74) is 2.83. The minimum Gasteiger partial charge on any atom is -0.294 e. The van der Waals surface area contributed by atoms with Gasteiger partial charge in [-0.3, -0.25) is 9.78 Å². The van der Waals surface area contributed by atoms with Gasteiger partial charge in [0.1, 0.15) is 0 Å². The molecule has 0 fully saturated rings. The summed E-state index contributed by atoms with van der Waals surface area (Å²) in [6, 6.07) is 0. The molecule has 3 heteroatoms. The molecule has 12 heavy (non-hydrogen) atoms. The number of hydrogen-bond donors (Lipinski definition) is 0. The molecule has 1 heterocycles. The minimum atomic E-state index is 0.233. The number of Topliss-reactive ketones (excluding diaryl/α,β-unsaturated/α-hetero) is 1. The minimum absolute atomic E-state index is 0.233. The molecule has 2 rings (SSSR count). The molecular weight excluding hydrogens is 218 g/mol. The first kappa shape index (κ1) is 7.92. The van der Waals surface area contributed by atoms with E-state index in [9.17, 15) is 4.79 Å². The zero-order chi connectivity index (χ0) is 8.72. The number of carbonyl (C=O) groups is 1. The fourth-order valence-corrected chi connectivity index (χ4v) is 2.11. The molecule has 0 N–H and O–H groups in total. The molecule has 0 aromatic carbocycles. The molecule has 62 valence electrons. The molecule has 0 unspecified atom stereocenters. The lowest BCUT2D eigenvalue weighted by atomic mass is 10.1. The molecule has 0 atom stereocenters. The van der Waals surface area contributed by atoms with E-state index in [0.717, 1.165) is 27.7 Å². The maximum atomic E-state index is 11.4. The summed E-state index contributed by atoms with van der Waals surface area (Å²) in [7, 11) is 0. The molecule has 2 nitrogen and oxygen atoms in total. The van der Waals surface area contributed by atoms with Crippen LogP contribution in [0.4, 0.5) is 0 Å². The van der Waals surface area contributed by atoms with Gasteiger partial charge in [0.15, 0.2) is 5.78 Å². The van der Waals surface area contributed by atoms with Crippen LogP contribution in [-0.2, 0) is 6.42 Å². The van der Waals surface area contributed by atoms with Gasteiger partial charge in [-0.05, 0) is 34.8 Å². The quantitative estimate of drug-likeness (QED) is 0.679. The van der Waals surface area contributed by atoms with Crippen molar-refractivity contribution in [2.45, 2.75) is 19.8 Å². The van der Waals surface area contributed by atoms with Crippen LogP contribution in [0.5, 0.6) is 0 Å². The predicted octanol–water partition coefficient (Wildman–Crippen LogP) is 2.28. The Kier molecular flexibility index (Phi) is 1.76. The van der Waals surface area contributed by atoms with Gasteiger partial charge >= 0.3 is 0 Å². The van der Waals surface area contributed by atoms with Gasteiger partial charge in [-0.15, -0.1) is 0 Å². The Morgan fingerprint density at radius 2 is 2.25 bits per heavy atom. The second-order valence-corrected chi connectivity index (χ2v) is 3.82. The van der Waals surface area contributed by atoms with Crippen molar-refractivity contribution in [1.82, 2.24) is 4.98 Å².